The van der Waals surface area contributed by atoms with Crippen molar-refractivity contribution in [3.05, 3.63) is 10.7 Å². The molecule has 9 heavy (non-hydrogen) atoms. The molecule has 0 heterocycles. The lowest BCUT2D eigenvalue weighted by molar-refractivity contribution is 1.30. The number of allylic oxidation sites excluding steroid dienone is 2. The van der Waals surface area contributed by atoms with Crippen molar-refractivity contribution in [3.63, 3.8) is 0 Å². The molecule has 0 bridgehead atoms. The summed E-state index contributed by atoms with van der Waals surface area (Å²) in [6.07, 6.45) is 0. The second-order valence-electron chi connectivity index (χ2n) is 1.81. The topological polar surface area (TPSA) is 38.4 Å². The van der Waals surface area contributed by atoms with E-state index in [1.165, 1.54) is 0 Å². The Morgan fingerprint density at radius 2 is 1.89 bits per heavy atom. The minimum atomic E-state index is 0.553. The maximum atomic E-state index is 5.69. The van der Waals surface area contributed by atoms with Crippen LogP contribution >= 0.6 is 11.6 Å². The zero-order valence-electron chi connectivity index (χ0n) is 5.90. The lowest BCUT2D eigenvalue weighted by atomic mass is 10.3. The van der Waals surface area contributed by atoms with E-state index >= 15 is 0 Å². The van der Waals surface area contributed by atoms with Gasteiger partial charge in [0.15, 0.2) is 0 Å². The molecule has 0 aliphatic carbocycles. The molecular weight excluding hydrogens is 136 g/mol. The van der Waals surface area contributed by atoms with Gasteiger partial charge in [-0.2, -0.15) is 0 Å². The molecule has 0 aromatic heterocycles. The largest absolute Gasteiger partial charge is 0.401 e. The van der Waals surface area contributed by atoms with Crippen molar-refractivity contribution in [2.24, 2.45) is 10.7 Å². The fourth-order valence-electron chi connectivity index (χ4n) is 0.384. The highest BCUT2D eigenvalue weighted by molar-refractivity contribution is 6.43. The molecule has 52 valence electrons. The van der Waals surface area contributed by atoms with Gasteiger partial charge in [0.1, 0.15) is 0 Å². The summed E-state index contributed by atoms with van der Waals surface area (Å²) >= 11 is 5.69. The maximum absolute atomic E-state index is 5.69. The Morgan fingerprint density at radius 1 is 1.44 bits per heavy atom. The van der Waals surface area contributed by atoms with Crippen molar-refractivity contribution in [3.8, 4) is 0 Å². The minimum absolute atomic E-state index is 0.553. The molecule has 0 saturated heterocycles. The van der Waals surface area contributed by atoms with Gasteiger partial charge in [-0.05, 0) is 13.8 Å². The first-order valence-electron chi connectivity index (χ1n) is 2.65. The third-order valence-corrected chi connectivity index (χ3v) is 1.57. The minimum Gasteiger partial charge on any atom is -0.401 e. The van der Waals surface area contributed by atoms with Gasteiger partial charge in [0.05, 0.1) is 10.7 Å². The van der Waals surface area contributed by atoms with Gasteiger partial charge in [-0.1, -0.05) is 11.6 Å². The van der Waals surface area contributed by atoms with Crippen LogP contribution in [-0.2, 0) is 0 Å². The molecular formula is C6H11ClN2. The summed E-state index contributed by atoms with van der Waals surface area (Å²) in [6.45, 7) is 3.57. The van der Waals surface area contributed by atoms with Crippen LogP contribution in [0.3, 0.4) is 0 Å². The van der Waals surface area contributed by atoms with Crippen LogP contribution in [0.4, 0.5) is 0 Å². The molecule has 0 spiro atoms. The van der Waals surface area contributed by atoms with E-state index < -0.39 is 0 Å². The highest BCUT2D eigenvalue weighted by Gasteiger charge is 1.97. The molecule has 0 aliphatic heterocycles. The van der Waals surface area contributed by atoms with Gasteiger partial charge in [0.2, 0.25) is 0 Å². The Hall–Kier alpha value is -0.500. The normalized spacial score (nSPS) is 15.3. The highest BCUT2D eigenvalue weighted by atomic mass is 35.5. The van der Waals surface area contributed by atoms with Gasteiger partial charge < -0.3 is 5.73 Å². The maximum Gasteiger partial charge on any atom is 0.0797 e. The van der Waals surface area contributed by atoms with Crippen LogP contribution in [0.1, 0.15) is 13.8 Å². The number of rotatable bonds is 1. The fourth-order valence-corrected chi connectivity index (χ4v) is 0.468. The van der Waals surface area contributed by atoms with Gasteiger partial charge in [-0.15, -0.1) is 0 Å². The molecule has 0 unspecified atom stereocenters. The number of hydrogen-bond acceptors (Lipinski definition) is 2. The van der Waals surface area contributed by atoms with Crippen LogP contribution in [0.2, 0.25) is 0 Å². The molecule has 0 radical (unpaired) electrons. The molecule has 0 rings (SSSR count). The molecule has 0 saturated carbocycles. The quantitative estimate of drug-likeness (QED) is 0.560. The summed E-state index contributed by atoms with van der Waals surface area (Å²) in [7, 11) is 1.68. The Balaban J connectivity index is 4.40. The molecule has 2 N–H and O–H groups in total. The molecule has 0 amide bonds. The van der Waals surface area contributed by atoms with Crippen LogP contribution in [0.15, 0.2) is 15.7 Å². The number of hydrogen-bond donors (Lipinski definition) is 1. The Kier molecular flexibility index (Phi) is 3.32. The summed E-state index contributed by atoms with van der Waals surface area (Å²) in [5.41, 5.74) is 6.76. The monoisotopic (exact) mass is 146 g/mol. The number of nitrogens with zero attached hydrogens (tertiary/aromatic N) is 1. The predicted octanol–water partition coefficient (Wildman–Crippen LogP) is 1.51. The summed E-state index contributed by atoms with van der Waals surface area (Å²) in [5.74, 6) is 0. The molecule has 0 aromatic rings. The Morgan fingerprint density at radius 3 is 2.00 bits per heavy atom. The van der Waals surface area contributed by atoms with Gasteiger partial charge in [-0.25, -0.2) is 0 Å². The molecule has 2 nitrogen and oxygen atoms in total. The van der Waals surface area contributed by atoms with E-state index in [1.807, 2.05) is 6.92 Å². The SMILES string of the molecule is CN=C(C)C(Cl)=C(C)N. The lowest BCUT2D eigenvalue weighted by Gasteiger charge is -1.97. The second kappa shape index (κ2) is 3.51. The van der Waals surface area contributed by atoms with E-state index in [-0.39, 0.29) is 0 Å². The lowest BCUT2D eigenvalue weighted by Crippen LogP contribution is -2.00. The first-order chi connectivity index (χ1) is 4.09. The fraction of sp³-hybridized carbons (Fsp3) is 0.500. The molecule has 0 atom stereocenters. The summed E-state index contributed by atoms with van der Waals surface area (Å²) in [4.78, 5) is 3.86. The average Bonchev–Trinajstić information content (AvgIpc) is 1.84. The first kappa shape index (κ1) is 8.50. The smallest absolute Gasteiger partial charge is 0.0797 e. The number of nitrogens with two attached hydrogens (primary N) is 1. The van der Waals surface area contributed by atoms with Crippen LogP contribution in [0, 0.1) is 0 Å². The summed E-state index contributed by atoms with van der Waals surface area (Å²) in [5, 5.41) is 0.553. The van der Waals surface area contributed by atoms with Gasteiger partial charge in [0.25, 0.3) is 0 Å². The Bertz CT molecular complexity index is 154. The van der Waals surface area contributed by atoms with Crippen LogP contribution < -0.4 is 5.73 Å². The average molecular weight is 147 g/mol. The van der Waals surface area contributed by atoms with Crippen molar-refractivity contribution in [2.45, 2.75) is 13.8 Å². The summed E-state index contributed by atoms with van der Waals surface area (Å²) < 4.78 is 0. The van der Waals surface area contributed by atoms with E-state index in [4.69, 9.17) is 17.3 Å². The van der Waals surface area contributed by atoms with E-state index in [1.54, 1.807) is 14.0 Å². The van der Waals surface area contributed by atoms with Crippen LogP contribution in [0.5, 0.6) is 0 Å². The van der Waals surface area contributed by atoms with Crippen LogP contribution in [0.25, 0.3) is 0 Å². The zero-order chi connectivity index (χ0) is 7.44. The molecule has 0 fully saturated rings. The third-order valence-electron chi connectivity index (χ3n) is 0.999. The van der Waals surface area contributed by atoms with E-state index in [0.29, 0.717) is 10.7 Å². The van der Waals surface area contributed by atoms with E-state index in [9.17, 15) is 0 Å². The summed E-state index contributed by atoms with van der Waals surface area (Å²) in [6, 6.07) is 0. The van der Waals surface area contributed by atoms with Gasteiger partial charge >= 0.3 is 0 Å². The molecule has 0 aromatic carbocycles. The number of halogens is 1. The predicted molar refractivity (Wildman–Crippen MR) is 41.8 cm³/mol. The second-order valence-corrected chi connectivity index (χ2v) is 2.18. The molecule has 0 aliphatic rings. The van der Waals surface area contributed by atoms with E-state index in [2.05, 4.69) is 4.99 Å². The highest BCUT2D eigenvalue weighted by Crippen LogP contribution is 2.06. The van der Waals surface area contributed by atoms with E-state index in [0.717, 1.165) is 5.71 Å². The first-order valence-corrected chi connectivity index (χ1v) is 3.03. The van der Waals surface area contributed by atoms with Crippen molar-refractivity contribution < 1.29 is 0 Å². The molecule has 3 heteroatoms. The van der Waals surface area contributed by atoms with Gasteiger partial charge in [-0.3, -0.25) is 4.99 Å². The van der Waals surface area contributed by atoms with Crippen molar-refractivity contribution >= 4 is 17.3 Å². The van der Waals surface area contributed by atoms with Crippen molar-refractivity contribution in [1.82, 2.24) is 0 Å². The van der Waals surface area contributed by atoms with Crippen molar-refractivity contribution in [2.75, 3.05) is 7.05 Å². The number of aliphatic imine (C=N–C) groups is 1. The van der Waals surface area contributed by atoms with Crippen molar-refractivity contribution in [1.29, 1.82) is 0 Å². The third kappa shape index (κ3) is 2.51. The van der Waals surface area contributed by atoms with Crippen LogP contribution in [-0.4, -0.2) is 12.8 Å². The zero-order valence-corrected chi connectivity index (χ0v) is 6.66. The standard InChI is InChI=1S/C6H11ClN2/c1-4(8)6(7)5(2)9-3/h8H2,1-3H3. The van der Waals surface area contributed by atoms with Gasteiger partial charge in [0, 0.05) is 12.7 Å². The Labute approximate surface area is 60.4 Å².